The Labute approximate surface area is 105 Å². The van der Waals surface area contributed by atoms with E-state index in [4.69, 9.17) is 4.74 Å². The van der Waals surface area contributed by atoms with Gasteiger partial charge in [-0.25, -0.2) is 0 Å². The highest BCUT2D eigenvalue weighted by Crippen LogP contribution is 2.13. The molecule has 0 aliphatic heterocycles. The van der Waals surface area contributed by atoms with Gasteiger partial charge in [-0.15, -0.1) is 0 Å². The second-order valence-corrected chi connectivity index (χ2v) is 4.57. The molecule has 2 heteroatoms. The smallest absolute Gasteiger partial charge is 0.119 e. The number of hydrogen-bond donors (Lipinski definition) is 1. The molecule has 0 fully saturated rings. The molecule has 1 N–H and O–H groups in total. The van der Waals surface area contributed by atoms with Gasteiger partial charge in [-0.3, -0.25) is 0 Å². The van der Waals surface area contributed by atoms with Crippen LogP contribution in [0.25, 0.3) is 0 Å². The van der Waals surface area contributed by atoms with Gasteiger partial charge in [0.2, 0.25) is 0 Å². The summed E-state index contributed by atoms with van der Waals surface area (Å²) >= 11 is 0. The summed E-state index contributed by atoms with van der Waals surface area (Å²) < 4.78 is 5.71. The second kappa shape index (κ2) is 8.13. The van der Waals surface area contributed by atoms with Crippen molar-refractivity contribution < 1.29 is 4.74 Å². The Bertz CT molecular complexity index is 294. The SMILES string of the molecule is CCCc1ccc(OCCCC(C)NC)cc1. The van der Waals surface area contributed by atoms with E-state index in [-0.39, 0.29) is 0 Å². The second-order valence-electron chi connectivity index (χ2n) is 4.57. The van der Waals surface area contributed by atoms with Crippen molar-refractivity contribution in [3.05, 3.63) is 29.8 Å². The molecule has 1 unspecified atom stereocenters. The number of ether oxygens (including phenoxy) is 1. The predicted molar refractivity (Wildman–Crippen MR) is 73.7 cm³/mol. The van der Waals surface area contributed by atoms with Gasteiger partial charge in [0.05, 0.1) is 6.61 Å². The molecule has 0 aliphatic carbocycles. The molecule has 17 heavy (non-hydrogen) atoms. The number of rotatable bonds is 8. The van der Waals surface area contributed by atoms with Crippen molar-refractivity contribution in [2.75, 3.05) is 13.7 Å². The van der Waals surface area contributed by atoms with E-state index in [1.54, 1.807) is 0 Å². The van der Waals surface area contributed by atoms with Crippen LogP contribution in [0.2, 0.25) is 0 Å². The van der Waals surface area contributed by atoms with Gasteiger partial charge in [0.15, 0.2) is 0 Å². The van der Waals surface area contributed by atoms with Gasteiger partial charge in [0, 0.05) is 6.04 Å². The standard InChI is InChI=1S/C15H25NO/c1-4-6-14-8-10-15(11-9-14)17-12-5-7-13(2)16-3/h8-11,13,16H,4-7,12H2,1-3H3. The molecule has 1 aromatic carbocycles. The summed E-state index contributed by atoms with van der Waals surface area (Å²) in [7, 11) is 2.00. The average molecular weight is 235 g/mol. The molecule has 0 saturated heterocycles. The summed E-state index contributed by atoms with van der Waals surface area (Å²) in [6.45, 7) is 5.20. The van der Waals surface area contributed by atoms with Crippen molar-refractivity contribution in [3.8, 4) is 5.75 Å². The predicted octanol–water partition coefficient (Wildman–Crippen LogP) is 3.41. The third-order valence-corrected chi connectivity index (χ3v) is 3.01. The van der Waals surface area contributed by atoms with Crippen molar-refractivity contribution in [3.63, 3.8) is 0 Å². The topological polar surface area (TPSA) is 21.3 Å². The lowest BCUT2D eigenvalue weighted by molar-refractivity contribution is 0.299. The minimum atomic E-state index is 0.575. The fourth-order valence-corrected chi connectivity index (χ4v) is 1.76. The van der Waals surface area contributed by atoms with Crippen molar-refractivity contribution in [2.24, 2.45) is 0 Å². The molecular weight excluding hydrogens is 210 g/mol. The summed E-state index contributed by atoms with van der Waals surface area (Å²) in [6, 6.07) is 9.05. The molecule has 0 spiro atoms. The lowest BCUT2D eigenvalue weighted by Gasteiger charge is -2.10. The minimum Gasteiger partial charge on any atom is -0.494 e. The van der Waals surface area contributed by atoms with E-state index in [1.807, 2.05) is 7.05 Å². The number of aryl methyl sites for hydroxylation is 1. The molecule has 0 amide bonds. The van der Waals surface area contributed by atoms with E-state index in [0.717, 1.165) is 31.6 Å². The summed E-state index contributed by atoms with van der Waals surface area (Å²) in [5.74, 6) is 0.988. The highest BCUT2D eigenvalue weighted by atomic mass is 16.5. The maximum atomic E-state index is 5.71. The summed E-state index contributed by atoms with van der Waals surface area (Å²) in [5.41, 5.74) is 1.39. The molecule has 96 valence electrons. The van der Waals surface area contributed by atoms with Crippen LogP contribution in [0.1, 0.15) is 38.7 Å². The molecule has 0 radical (unpaired) electrons. The Hall–Kier alpha value is -1.02. The maximum Gasteiger partial charge on any atom is 0.119 e. The first-order valence-corrected chi connectivity index (χ1v) is 6.65. The normalized spacial score (nSPS) is 12.4. The van der Waals surface area contributed by atoms with Crippen LogP contribution in [0, 0.1) is 0 Å². The quantitative estimate of drug-likeness (QED) is 0.697. The monoisotopic (exact) mass is 235 g/mol. The number of nitrogens with one attached hydrogen (secondary N) is 1. The Balaban J connectivity index is 2.23. The van der Waals surface area contributed by atoms with Crippen LogP contribution < -0.4 is 10.1 Å². The van der Waals surface area contributed by atoms with Crippen LogP contribution >= 0.6 is 0 Å². The van der Waals surface area contributed by atoms with E-state index < -0.39 is 0 Å². The van der Waals surface area contributed by atoms with Crippen LogP contribution in [0.5, 0.6) is 5.75 Å². The van der Waals surface area contributed by atoms with E-state index in [9.17, 15) is 0 Å². The van der Waals surface area contributed by atoms with Crippen molar-refractivity contribution in [2.45, 2.75) is 45.6 Å². The van der Waals surface area contributed by atoms with E-state index in [2.05, 4.69) is 43.4 Å². The van der Waals surface area contributed by atoms with Crippen LogP contribution in [0.4, 0.5) is 0 Å². The molecular formula is C15H25NO. The molecule has 1 aromatic rings. The van der Waals surface area contributed by atoms with Gasteiger partial charge < -0.3 is 10.1 Å². The first-order valence-electron chi connectivity index (χ1n) is 6.65. The number of benzene rings is 1. The van der Waals surface area contributed by atoms with Gasteiger partial charge in [-0.1, -0.05) is 25.5 Å². The van der Waals surface area contributed by atoms with Crippen molar-refractivity contribution >= 4 is 0 Å². The average Bonchev–Trinajstić information content (AvgIpc) is 2.36. The Morgan fingerprint density at radius 1 is 1.24 bits per heavy atom. The van der Waals surface area contributed by atoms with Crippen LogP contribution in [0.3, 0.4) is 0 Å². The third kappa shape index (κ3) is 5.73. The Kier molecular flexibility index (Phi) is 6.71. The third-order valence-electron chi connectivity index (χ3n) is 3.01. The molecule has 2 nitrogen and oxygen atoms in total. The highest BCUT2D eigenvalue weighted by molar-refractivity contribution is 5.27. The van der Waals surface area contributed by atoms with Gasteiger partial charge in [-0.05, 0) is 50.9 Å². The van der Waals surface area contributed by atoms with Crippen molar-refractivity contribution in [1.82, 2.24) is 5.32 Å². The van der Waals surface area contributed by atoms with Gasteiger partial charge in [-0.2, -0.15) is 0 Å². The molecule has 0 aliphatic rings. The fraction of sp³-hybridized carbons (Fsp3) is 0.600. The van der Waals surface area contributed by atoms with Crippen LogP contribution in [-0.4, -0.2) is 19.7 Å². The van der Waals surface area contributed by atoms with Gasteiger partial charge in [0.1, 0.15) is 5.75 Å². The fourth-order valence-electron chi connectivity index (χ4n) is 1.76. The first-order chi connectivity index (χ1) is 8.26. The molecule has 1 atom stereocenters. The zero-order chi connectivity index (χ0) is 12.5. The zero-order valence-electron chi connectivity index (χ0n) is 11.3. The Morgan fingerprint density at radius 2 is 1.94 bits per heavy atom. The Morgan fingerprint density at radius 3 is 2.53 bits per heavy atom. The van der Waals surface area contributed by atoms with E-state index in [0.29, 0.717) is 6.04 Å². The molecule has 0 aromatic heterocycles. The lowest BCUT2D eigenvalue weighted by atomic mass is 10.1. The van der Waals surface area contributed by atoms with Gasteiger partial charge in [0.25, 0.3) is 0 Å². The van der Waals surface area contributed by atoms with Crippen molar-refractivity contribution in [1.29, 1.82) is 0 Å². The first kappa shape index (κ1) is 14.0. The molecule has 0 heterocycles. The van der Waals surface area contributed by atoms with Crippen LogP contribution in [-0.2, 0) is 6.42 Å². The largest absolute Gasteiger partial charge is 0.494 e. The number of hydrogen-bond acceptors (Lipinski definition) is 2. The van der Waals surface area contributed by atoms with Crippen LogP contribution in [0.15, 0.2) is 24.3 Å². The lowest BCUT2D eigenvalue weighted by Crippen LogP contribution is -2.21. The summed E-state index contributed by atoms with van der Waals surface area (Å²) in [6.07, 6.45) is 4.60. The highest BCUT2D eigenvalue weighted by Gasteiger charge is 1.99. The summed E-state index contributed by atoms with van der Waals surface area (Å²) in [4.78, 5) is 0. The maximum absolute atomic E-state index is 5.71. The summed E-state index contributed by atoms with van der Waals surface area (Å²) in [5, 5.41) is 3.23. The minimum absolute atomic E-state index is 0.575. The zero-order valence-corrected chi connectivity index (χ0v) is 11.3. The molecule has 1 rings (SSSR count). The molecule has 0 bridgehead atoms. The van der Waals surface area contributed by atoms with Gasteiger partial charge >= 0.3 is 0 Å². The molecule has 0 saturated carbocycles. The van der Waals surface area contributed by atoms with E-state index >= 15 is 0 Å². The van der Waals surface area contributed by atoms with E-state index in [1.165, 1.54) is 12.0 Å².